The summed E-state index contributed by atoms with van der Waals surface area (Å²) in [5, 5.41) is 4.05. The summed E-state index contributed by atoms with van der Waals surface area (Å²) in [5.41, 5.74) is 0.613. The highest BCUT2D eigenvalue weighted by molar-refractivity contribution is 9.10. The fraction of sp³-hybridized carbons (Fsp3) is 0. The van der Waals surface area contributed by atoms with Crippen LogP contribution in [0, 0.1) is 0 Å². The lowest BCUT2D eigenvalue weighted by molar-refractivity contribution is 1.20. The maximum absolute atomic E-state index is 6.09. The molecule has 0 saturated carbocycles. The fourth-order valence-corrected chi connectivity index (χ4v) is 2.13. The molecular weight excluding hydrogens is 348 g/mol. The molecule has 0 unspecified atom stereocenters. The average Bonchev–Trinajstić information content (AvgIpc) is 2.32. The van der Waals surface area contributed by atoms with Crippen LogP contribution in [0.3, 0.4) is 0 Å². The van der Waals surface area contributed by atoms with E-state index in [9.17, 15) is 0 Å². The molecule has 0 saturated heterocycles. The van der Waals surface area contributed by atoms with E-state index in [1.807, 2.05) is 0 Å². The smallest absolute Gasteiger partial charge is 0.171 e. The van der Waals surface area contributed by atoms with Crippen molar-refractivity contribution in [1.82, 2.24) is 9.97 Å². The molecule has 0 radical (unpaired) electrons. The standard InChI is InChI=1S/C10H5BrCl3N3/c11-5-1-2-6(8(13)7(5)12)17-10-9(14)15-3-4-16-10/h1-4H,(H,16,17). The minimum absolute atomic E-state index is 0.266. The summed E-state index contributed by atoms with van der Waals surface area (Å²) in [5.74, 6) is 0.425. The fourth-order valence-electron chi connectivity index (χ4n) is 1.15. The second-order valence-electron chi connectivity index (χ2n) is 3.04. The topological polar surface area (TPSA) is 37.8 Å². The van der Waals surface area contributed by atoms with Gasteiger partial charge in [0.1, 0.15) is 0 Å². The van der Waals surface area contributed by atoms with Crippen LogP contribution in [-0.4, -0.2) is 9.97 Å². The summed E-state index contributed by atoms with van der Waals surface area (Å²) in [7, 11) is 0. The predicted molar refractivity (Wildman–Crippen MR) is 74.5 cm³/mol. The van der Waals surface area contributed by atoms with Crippen LogP contribution >= 0.6 is 50.7 Å². The third-order valence-corrected chi connectivity index (χ3v) is 3.99. The van der Waals surface area contributed by atoms with Crippen LogP contribution in [0.15, 0.2) is 29.0 Å². The third kappa shape index (κ3) is 2.83. The normalized spacial score (nSPS) is 10.4. The molecule has 3 nitrogen and oxygen atoms in total. The summed E-state index contributed by atoms with van der Waals surface area (Å²) in [6.07, 6.45) is 3.03. The Balaban J connectivity index is 2.38. The third-order valence-electron chi connectivity index (χ3n) is 1.94. The highest BCUT2D eigenvalue weighted by atomic mass is 79.9. The number of nitrogens with one attached hydrogen (secondary N) is 1. The Labute approximate surface area is 121 Å². The van der Waals surface area contributed by atoms with Gasteiger partial charge in [-0.1, -0.05) is 34.8 Å². The molecule has 0 aliphatic heterocycles. The van der Waals surface area contributed by atoms with Gasteiger partial charge < -0.3 is 5.32 Å². The van der Waals surface area contributed by atoms with Crippen LogP contribution in [-0.2, 0) is 0 Å². The maximum Gasteiger partial charge on any atom is 0.171 e. The Morgan fingerprint density at radius 1 is 1.00 bits per heavy atom. The van der Waals surface area contributed by atoms with Crippen LogP contribution in [0.4, 0.5) is 11.5 Å². The minimum Gasteiger partial charge on any atom is -0.336 e. The summed E-state index contributed by atoms with van der Waals surface area (Å²) in [4.78, 5) is 7.95. The summed E-state index contributed by atoms with van der Waals surface area (Å²) in [6.45, 7) is 0. The lowest BCUT2D eigenvalue weighted by Crippen LogP contribution is -1.96. The first-order valence-corrected chi connectivity index (χ1v) is 6.39. The summed E-state index contributed by atoms with van der Waals surface area (Å²) in [6, 6.07) is 3.55. The maximum atomic E-state index is 6.09. The highest BCUT2D eigenvalue weighted by Crippen LogP contribution is 2.37. The van der Waals surface area contributed by atoms with Crippen molar-refractivity contribution in [3.05, 3.63) is 44.2 Å². The Bertz CT molecular complexity index is 562. The molecule has 0 amide bonds. The van der Waals surface area contributed by atoms with Crippen LogP contribution in [0.25, 0.3) is 0 Å². The van der Waals surface area contributed by atoms with Gasteiger partial charge in [0, 0.05) is 16.9 Å². The van der Waals surface area contributed by atoms with Crippen molar-refractivity contribution in [2.75, 3.05) is 5.32 Å². The second kappa shape index (κ2) is 5.40. The van der Waals surface area contributed by atoms with Crippen molar-refractivity contribution in [2.45, 2.75) is 0 Å². The Morgan fingerprint density at radius 2 is 1.71 bits per heavy atom. The number of benzene rings is 1. The number of nitrogens with zero attached hydrogens (tertiary/aromatic N) is 2. The summed E-state index contributed by atoms with van der Waals surface area (Å²) < 4.78 is 0.722. The largest absolute Gasteiger partial charge is 0.336 e. The van der Waals surface area contributed by atoms with Gasteiger partial charge in [-0.2, -0.15) is 0 Å². The number of halogens is 4. The predicted octanol–water partition coefficient (Wildman–Crippen LogP) is 4.94. The monoisotopic (exact) mass is 351 g/mol. The van der Waals surface area contributed by atoms with Gasteiger partial charge in [0.2, 0.25) is 0 Å². The molecule has 1 heterocycles. The molecular formula is C10H5BrCl3N3. The molecule has 2 aromatic rings. The number of aromatic nitrogens is 2. The Kier molecular flexibility index (Phi) is 4.09. The van der Waals surface area contributed by atoms with Crippen molar-refractivity contribution in [3.63, 3.8) is 0 Å². The first kappa shape index (κ1) is 12.9. The van der Waals surface area contributed by atoms with Crippen molar-refractivity contribution >= 4 is 62.2 Å². The van der Waals surface area contributed by atoms with Crippen molar-refractivity contribution in [1.29, 1.82) is 0 Å². The van der Waals surface area contributed by atoms with E-state index in [1.165, 1.54) is 12.4 Å². The van der Waals surface area contributed by atoms with E-state index in [-0.39, 0.29) is 5.15 Å². The zero-order valence-corrected chi connectivity index (χ0v) is 12.1. The number of anilines is 2. The van der Waals surface area contributed by atoms with Gasteiger partial charge in [-0.05, 0) is 28.1 Å². The molecule has 0 bridgehead atoms. The first-order valence-electron chi connectivity index (χ1n) is 4.46. The summed E-state index contributed by atoms with van der Waals surface area (Å²) >= 11 is 21.2. The van der Waals surface area contributed by atoms with E-state index in [2.05, 4.69) is 31.2 Å². The lowest BCUT2D eigenvalue weighted by atomic mass is 10.3. The van der Waals surface area contributed by atoms with E-state index < -0.39 is 0 Å². The molecule has 0 fully saturated rings. The SMILES string of the molecule is Clc1nccnc1Nc1ccc(Br)c(Cl)c1Cl. The zero-order valence-electron chi connectivity index (χ0n) is 8.22. The Morgan fingerprint density at radius 3 is 2.41 bits per heavy atom. The molecule has 17 heavy (non-hydrogen) atoms. The highest BCUT2D eigenvalue weighted by Gasteiger charge is 2.10. The average molecular weight is 353 g/mol. The first-order chi connectivity index (χ1) is 8.09. The van der Waals surface area contributed by atoms with Gasteiger partial charge in [-0.25, -0.2) is 9.97 Å². The van der Waals surface area contributed by atoms with E-state index in [1.54, 1.807) is 12.1 Å². The molecule has 1 aromatic carbocycles. The quantitative estimate of drug-likeness (QED) is 0.777. The van der Waals surface area contributed by atoms with Crippen LogP contribution in [0.1, 0.15) is 0 Å². The van der Waals surface area contributed by atoms with Crippen molar-refractivity contribution in [2.24, 2.45) is 0 Å². The molecule has 88 valence electrons. The van der Waals surface area contributed by atoms with Gasteiger partial charge in [0.15, 0.2) is 11.0 Å². The van der Waals surface area contributed by atoms with Gasteiger partial charge in [0.25, 0.3) is 0 Å². The molecule has 0 aliphatic carbocycles. The molecule has 0 aliphatic rings. The van der Waals surface area contributed by atoms with E-state index in [0.29, 0.717) is 21.6 Å². The van der Waals surface area contributed by atoms with Crippen LogP contribution in [0.5, 0.6) is 0 Å². The minimum atomic E-state index is 0.266. The molecule has 2 rings (SSSR count). The van der Waals surface area contributed by atoms with Crippen LogP contribution in [0.2, 0.25) is 15.2 Å². The van der Waals surface area contributed by atoms with Gasteiger partial charge in [-0.3, -0.25) is 0 Å². The second-order valence-corrected chi connectivity index (χ2v) is 5.01. The molecule has 1 aromatic heterocycles. The molecule has 0 spiro atoms. The van der Waals surface area contributed by atoms with Gasteiger partial charge >= 0.3 is 0 Å². The number of rotatable bonds is 2. The Hall–Kier alpha value is -0.550. The number of hydrogen-bond donors (Lipinski definition) is 1. The van der Waals surface area contributed by atoms with E-state index in [0.717, 1.165) is 4.47 Å². The van der Waals surface area contributed by atoms with Gasteiger partial charge in [-0.15, -0.1) is 0 Å². The van der Waals surface area contributed by atoms with Crippen LogP contribution < -0.4 is 5.32 Å². The molecule has 0 atom stereocenters. The van der Waals surface area contributed by atoms with E-state index >= 15 is 0 Å². The number of hydrogen-bond acceptors (Lipinski definition) is 3. The van der Waals surface area contributed by atoms with Gasteiger partial charge in [0.05, 0.1) is 15.7 Å². The molecule has 1 N–H and O–H groups in total. The zero-order chi connectivity index (χ0) is 12.4. The molecule has 7 heteroatoms. The van der Waals surface area contributed by atoms with E-state index in [4.69, 9.17) is 34.8 Å². The van der Waals surface area contributed by atoms with Crippen molar-refractivity contribution < 1.29 is 0 Å². The lowest BCUT2D eigenvalue weighted by Gasteiger charge is -2.10. The van der Waals surface area contributed by atoms with Crippen molar-refractivity contribution in [3.8, 4) is 0 Å².